The van der Waals surface area contributed by atoms with E-state index in [4.69, 9.17) is 27.1 Å². The fourth-order valence-electron chi connectivity index (χ4n) is 2.25. The van der Waals surface area contributed by atoms with Crippen molar-refractivity contribution < 1.29 is 14.2 Å². The van der Waals surface area contributed by atoms with Gasteiger partial charge in [-0.15, -0.1) is 18.8 Å². The summed E-state index contributed by atoms with van der Waals surface area (Å²) < 4.78 is 16.3. The molecule has 0 saturated heterocycles. The van der Waals surface area contributed by atoms with Gasteiger partial charge in [0, 0.05) is 6.42 Å². The first-order valence-corrected chi connectivity index (χ1v) is 8.55. The minimum atomic E-state index is 0.197. The molecule has 0 spiro atoms. The topological polar surface area (TPSA) is 27.7 Å². The summed E-state index contributed by atoms with van der Waals surface area (Å²) in [6, 6.07) is 5.66. The van der Waals surface area contributed by atoms with Crippen LogP contribution in [0.15, 0.2) is 59.9 Å². The van der Waals surface area contributed by atoms with Gasteiger partial charge in [0.1, 0.15) is 12.4 Å². The maximum atomic E-state index is 5.46. The van der Waals surface area contributed by atoms with Gasteiger partial charge < -0.3 is 14.2 Å². The van der Waals surface area contributed by atoms with Crippen LogP contribution >= 0.6 is 0 Å². The van der Waals surface area contributed by atoms with Crippen molar-refractivity contribution >= 4 is 6.08 Å². The second-order valence-corrected chi connectivity index (χ2v) is 5.55. The van der Waals surface area contributed by atoms with E-state index in [1.165, 1.54) is 0 Å². The monoisotopic (exact) mass is 362 g/mol. The van der Waals surface area contributed by atoms with E-state index in [0.717, 1.165) is 22.5 Å². The zero-order valence-corrected chi connectivity index (χ0v) is 16.2. The van der Waals surface area contributed by atoms with Crippen LogP contribution in [0, 0.1) is 24.7 Å². The summed E-state index contributed by atoms with van der Waals surface area (Å²) in [5, 5.41) is 0. The lowest BCUT2D eigenvalue weighted by molar-refractivity contribution is 0.298. The molecule has 0 aliphatic carbocycles. The average molecular weight is 362 g/mol. The van der Waals surface area contributed by atoms with Crippen molar-refractivity contribution in [3.63, 3.8) is 0 Å². The minimum Gasteiger partial charge on any atom is -0.496 e. The maximum Gasteiger partial charge on any atom is 0.162 e. The molecule has 3 nitrogen and oxygen atoms in total. The molecule has 0 bridgehead atoms. The average Bonchev–Trinajstić information content (AvgIpc) is 2.70. The Hall–Kier alpha value is -3.30. The fourth-order valence-corrected chi connectivity index (χ4v) is 2.25. The molecule has 0 atom stereocenters. The second-order valence-electron chi connectivity index (χ2n) is 5.55. The first-order chi connectivity index (χ1) is 13.1. The summed E-state index contributed by atoms with van der Waals surface area (Å²) >= 11 is 0. The largest absolute Gasteiger partial charge is 0.496 e. The molecular weight excluding hydrogens is 336 g/mol. The molecule has 0 amide bonds. The Bertz CT molecular complexity index is 811. The van der Waals surface area contributed by atoms with Crippen molar-refractivity contribution in [2.24, 2.45) is 0 Å². The first kappa shape index (κ1) is 21.7. The molecule has 0 aliphatic rings. The third-order valence-electron chi connectivity index (χ3n) is 3.74. The van der Waals surface area contributed by atoms with Crippen molar-refractivity contribution in [1.82, 2.24) is 0 Å². The number of methoxy groups -OCH3 is 2. The first-order valence-electron chi connectivity index (χ1n) is 8.55. The van der Waals surface area contributed by atoms with Gasteiger partial charge >= 0.3 is 0 Å². The number of hydrogen-bond donors (Lipinski definition) is 0. The highest BCUT2D eigenvalue weighted by Gasteiger charge is 2.05. The molecule has 27 heavy (non-hydrogen) atoms. The molecule has 140 valence electrons. The molecule has 1 rings (SSSR count). The highest BCUT2D eigenvalue weighted by atomic mass is 16.5. The van der Waals surface area contributed by atoms with Crippen LogP contribution < -0.4 is 9.47 Å². The van der Waals surface area contributed by atoms with Crippen molar-refractivity contribution in [3.05, 3.63) is 65.5 Å². The van der Waals surface area contributed by atoms with Gasteiger partial charge in [-0.25, -0.2) is 0 Å². The van der Waals surface area contributed by atoms with Gasteiger partial charge in [-0.2, -0.15) is 0 Å². The molecule has 0 radical (unpaired) electrons. The molecule has 0 saturated carbocycles. The van der Waals surface area contributed by atoms with Crippen LogP contribution in [0.4, 0.5) is 0 Å². The lowest BCUT2D eigenvalue weighted by Gasteiger charge is -2.10. The summed E-state index contributed by atoms with van der Waals surface area (Å²) in [4.78, 5) is 0. The molecule has 0 N–H and O–H groups in total. The van der Waals surface area contributed by atoms with Crippen LogP contribution in [0.3, 0.4) is 0 Å². The Kier molecular flexibility index (Phi) is 9.76. The van der Waals surface area contributed by atoms with Gasteiger partial charge in [0.15, 0.2) is 11.5 Å². The number of benzene rings is 1. The molecule has 3 heteroatoms. The minimum absolute atomic E-state index is 0.197. The third-order valence-corrected chi connectivity index (χ3v) is 3.74. The fraction of sp³-hybridized carbons (Fsp3) is 0.250. The quantitative estimate of drug-likeness (QED) is 0.327. The smallest absolute Gasteiger partial charge is 0.162 e. The number of allylic oxidation sites excluding steroid dienone is 5. The van der Waals surface area contributed by atoms with E-state index >= 15 is 0 Å². The van der Waals surface area contributed by atoms with Crippen LogP contribution in [0.2, 0.25) is 0 Å². The number of ether oxygens (including phenoxy) is 3. The molecule has 0 aromatic heterocycles. The summed E-state index contributed by atoms with van der Waals surface area (Å²) in [5.41, 5.74) is 2.83. The van der Waals surface area contributed by atoms with Crippen LogP contribution in [0.25, 0.3) is 6.08 Å². The van der Waals surface area contributed by atoms with E-state index in [0.29, 0.717) is 24.3 Å². The molecule has 0 heterocycles. The van der Waals surface area contributed by atoms with Crippen LogP contribution in [0.5, 0.6) is 11.5 Å². The lowest BCUT2D eigenvalue weighted by atomic mass is 10.1. The van der Waals surface area contributed by atoms with Gasteiger partial charge in [0.25, 0.3) is 0 Å². The van der Waals surface area contributed by atoms with Crippen LogP contribution in [0.1, 0.15) is 25.3 Å². The number of rotatable bonds is 10. The van der Waals surface area contributed by atoms with Crippen molar-refractivity contribution in [2.75, 3.05) is 20.8 Å². The van der Waals surface area contributed by atoms with Gasteiger partial charge in [-0.1, -0.05) is 36.8 Å². The highest BCUT2D eigenvalue weighted by molar-refractivity contribution is 5.59. The standard InChI is InChI=1S/C24H26O3/c1-7-10-11-19(4)23(25-5)17-20(9-3)12-13-21-14-15-22(27-16-8-2)24(18-21)26-6/h1-2,9,12-15,17-18H,4,10-11,16H2,3,5-6H3/b13-12+,20-9-,23-17+. The van der Waals surface area contributed by atoms with Gasteiger partial charge in [-0.05, 0) is 48.3 Å². The van der Waals surface area contributed by atoms with E-state index in [2.05, 4.69) is 18.4 Å². The Morgan fingerprint density at radius 1 is 1.19 bits per heavy atom. The van der Waals surface area contributed by atoms with Gasteiger partial charge in [-0.3, -0.25) is 0 Å². The molecule has 0 unspecified atom stereocenters. The Labute approximate surface area is 163 Å². The second kappa shape index (κ2) is 12.1. The maximum absolute atomic E-state index is 5.46. The summed E-state index contributed by atoms with van der Waals surface area (Å²) in [6.07, 6.45) is 19.8. The number of hydrogen-bond acceptors (Lipinski definition) is 3. The Balaban J connectivity index is 2.98. The molecular formula is C24H26O3. The van der Waals surface area contributed by atoms with E-state index in [-0.39, 0.29) is 6.61 Å². The molecule has 1 aromatic carbocycles. The van der Waals surface area contributed by atoms with Crippen molar-refractivity contribution in [1.29, 1.82) is 0 Å². The zero-order chi connectivity index (χ0) is 20.1. The Morgan fingerprint density at radius 3 is 2.56 bits per heavy atom. The van der Waals surface area contributed by atoms with Gasteiger partial charge in [0.2, 0.25) is 0 Å². The predicted molar refractivity (Wildman–Crippen MR) is 112 cm³/mol. The molecule has 0 fully saturated rings. The SMILES string of the molecule is C#CCCC(=C)\C(=C/C(=C\C)/C=C/c1ccc(OCC#C)c(OC)c1)OC. The molecule has 0 aliphatic heterocycles. The zero-order valence-electron chi connectivity index (χ0n) is 16.2. The lowest BCUT2D eigenvalue weighted by Crippen LogP contribution is -1.96. The highest BCUT2D eigenvalue weighted by Crippen LogP contribution is 2.28. The normalized spacial score (nSPS) is 11.6. The Morgan fingerprint density at radius 2 is 1.96 bits per heavy atom. The summed E-state index contributed by atoms with van der Waals surface area (Å²) in [5.74, 6) is 7.02. The van der Waals surface area contributed by atoms with Crippen LogP contribution in [-0.2, 0) is 4.74 Å². The summed E-state index contributed by atoms with van der Waals surface area (Å²) in [6.45, 7) is 6.20. The predicted octanol–water partition coefficient (Wildman–Crippen LogP) is 5.17. The summed E-state index contributed by atoms with van der Waals surface area (Å²) in [7, 11) is 3.22. The van der Waals surface area contributed by atoms with Crippen LogP contribution in [-0.4, -0.2) is 20.8 Å². The molecule has 1 aromatic rings. The third kappa shape index (κ3) is 7.22. The van der Waals surface area contributed by atoms with E-state index in [1.54, 1.807) is 14.2 Å². The van der Waals surface area contributed by atoms with Gasteiger partial charge in [0.05, 0.1) is 14.2 Å². The van der Waals surface area contributed by atoms with E-state index < -0.39 is 0 Å². The van der Waals surface area contributed by atoms with Crippen molar-refractivity contribution in [2.45, 2.75) is 19.8 Å². The van der Waals surface area contributed by atoms with Crippen molar-refractivity contribution in [3.8, 4) is 36.2 Å². The van der Waals surface area contributed by atoms with E-state index in [1.807, 2.05) is 49.4 Å². The number of terminal acetylenes is 2. The van der Waals surface area contributed by atoms with E-state index in [9.17, 15) is 0 Å².